The Morgan fingerprint density at radius 3 is 2.59 bits per heavy atom. The number of ether oxygens (including phenoxy) is 1. The molecule has 2 atom stereocenters. The fraction of sp³-hybridized carbons (Fsp3) is 0.200. The fourth-order valence-corrected chi connectivity index (χ4v) is 5.93. The summed E-state index contributed by atoms with van der Waals surface area (Å²) in [5.74, 6) is 0.517. The number of carbonyl (C=O) groups is 1. The lowest BCUT2D eigenvalue weighted by atomic mass is 9.94. The second kappa shape index (κ2) is 11.8. The molecule has 4 aromatic rings. The maximum Gasteiger partial charge on any atom is 0.573 e. The Morgan fingerprint density at radius 2 is 1.86 bits per heavy atom. The molecule has 2 aliphatic heterocycles. The predicted molar refractivity (Wildman–Crippen MR) is 159 cm³/mol. The van der Waals surface area contributed by atoms with Crippen molar-refractivity contribution in [1.29, 1.82) is 0 Å². The number of fused-ring (bicyclic) bond motifs is 3. The lowest BCUT2D eigenvalue weighted by Crippen LogP contribution is -2.38. The Labute approximate surface area is 253 Å². The van der Waals surface area contributed by atoms with Crippen LogP contribution >= 0.6 is 11.8 Å². The van der Waals surface area contributed by atoms with Crippen molar-refractivity contribution < 1.29 is 27.1 Å². The van der Waals surface area contributed by atoms with Gasteiger partial charge in [-0.3, -0.25) is 10.3 Å². The van der Waals surface area contributed by atoms with Crippen molar-refractivity contribution in [3.63, 3.8) is 0 Å². The lowest BCUT2D eigenvalue weighted by molar-refractivity contribution is -0.274. The number of aromatic nitrogens is 3. The fourth-order valence-electron chi connectivity index (χ4n) is 4.94. The van der Waals surface area contributed by atoms with Crippen LogP contribution in [0.5, 0.6) is 5.75 Å². The molecule has 0 aliphatic carbocycles. The third kappa shape index (κ3) is 6.31. The first-order valence-electron chi connectivity index (χ1n) is 13.5. The Morgan fingerprint density at radius 1 is 1.11 bits per heavy atom. The quantitative estimate of drug-likeness (QED) is 0.179. The van der Waals surface area contributed by atoms with Crippen LogP contribution in [0.3, 0.4) is 0 Å². The van der Waals surface area contributed by atoms with Gasteiger partial charge in [0, 0.05) is 29.0 Å². The molecular formula is C30H25F4N7O2S. The number of nitrogens with one attached hydrogen (secondary N) is 2. The Balaban J connectivity index is 1.07. The molecule has 1 aromatic heterocycles. The zero-order valence-corrected chi connectivity index (χ0v) is 24.2. The minimum absolute atomic E-state index is 0.133. The van der Waals surface area contributed by atoms with Gasteiger partial charge in [-0.1, -0.05) is 55.1 Å². The molecule has 14 heteroatoms. The average Bonchev–Trinajstić information content (AvgIpc) is 3.63. The number of amidine groups is 1. The molecule has 1 fully saturated rings. The van der Waals surface area contributed by atoms with E-state index in [1.807, 2.05) is 36.1 Å². The predicted octanol–water partition coefficient (Wildman–Crippen LogP) is 6.86. The van der Waals surface area contributed by atoms with E-state index in [4.69, 9.17) is 0 Å². The van der Waals surface area contributed by atoms with Crippen molar-refractivity contribution in [3.05, 3.63) is 102 Å². The highest BCUT2D eigenvalue weighted by Crippen LogP contribution is 2.43. The number of carbonyl (C=O) groups excluding carboxylic acids is 1. The van der Waals surface area contributed by atoms with Crippen molar-refractivity contribution in [2.45, 2.75) is 32.2 Å². The highest BCUT2D eigenvalue weighted by Gasteiger charge is 2.34. The van der Waals surface area contributed by atoms with Crippen LogP contribution in [0.25, 0.3) is 17.1 Å². The number of urea groups is 1. The molecule has 2 unspecified atom stereocenters. The number of amides is 2. The van der Waals surface area contributed by atoms with E-state index < -0.39 is 12.4 Å². The van der Waals surface area contributed by atoms with E-state index in [0.29, 0.717) is 28.1 Å². The van der Waals surface area contributed by atoms with Crippen LogP contribution < -0.4 is 20.5 Å². The first kappa shape index (κ1) is 29.4. The van der Waals surface area contributed by atoms with Crippen molar-refractivity contribution >= 4 is 28.6 Å². The number of benzene rings is 3. The highest BCUT2D eigenvalue weighted by molar-refractivity contribution is 8.14. The Kier molecular flexibility index (Phi) is 7.86. The summed E-state index contributed by atoms with van der Waals surface area (Å²) in [6.07, 6.45) is -1.20. The van der Waals surface area contributed by atoms with Gasteiger partial charge in [-0.05, 0) is 54.4 Å². The number of aliphatic imine (C=N–C) groups is 1. The lowest BCUT2D eigenvalue weighted by Gasteiger charge is -2.29. The molecule has 0 saturated carbocycles. The molecule has 44 heavy (non-hydrogen) atoms. The molecule has 3 heterocycles. The van der Waals surface area contributed by atoms with Gasteiger partial charge in [-0.2, -0.15) is 4.99 Å². The topological polar surface area (TPSA) is 96.7 Å². The van der Waals surface area contributed by atoms with E-state index in [1.54, 1.807) is 6.07 Å². The summed E-state index contributed by atoms with van der Waals surface area (Å²) in [5.41, 5.74) is 10.3. The summed E-state index contributed by atoms with van der Waals surface area (Å²) >= 11 is 1.42. The van der Waals surface area contributed by atoms with Gasteiger partial charge in [0.25, 0.3) is 0 Å². The number of hydrogen-bond donors (Lipinski definition) is 2. The average molecular weight is 624 g/mol. The Hall–Kier alpha value is -4.69. The van der Waals surface area contributed by atoms with E-state index in [0.717, 1.165) is 22.4 Å². The molecule has 9 nitrogen and oxygen atoms in total. The van der Waals surface area contributed by atoms with Crippen LogP contribution in [0.2, 0.25) is 0 Å². The van der Waals surface area contributed by atoms with Gasteiger partial charge in [0.15, 0.2) is 11.0 Å². The molecule has 2 aliphatic rings. The molecule has 0 spiro atoms. The van der Waals surface area contributed by atoms with Crippen LogP contribution in [0, 0.1) is 5.82 Å². The number of thioether (sulfide) groups is 1. The third-order valence-electron chi connectivity index (χ3n) is 7.08. The number of hydrazine groups is 1. The number of nitrogens with zero attached hydrogens (tertiary/aromatic N) is 5. The molecule has 226 valence electrons. The van der Waals surface area contributed by atoms with E-state index in [1.165, 1.54) is 59.2 Å². The van der Waals surface area contributed by atoms with E-state index in [2.05, 4.69) is 43.7 Å². The largest absolute Gasteiger partial charge is 0.573 e. The van der Waals surface area contributed by atoms with Gasteiger partial charge in [0.05, 0.1) is 11.4 Å². The van der Waals surface area contributed by atoms with Crippen LogP contribution in [0.15, 0.2) is 89.8 Å². The number of rotatable bonds is 6. The number of hydrogen-bond acceptors (Lipinski definition) is 6. The number of anilines is 1. The van der Waals surface area contributed by atoms with E-state index in [-0.39, 0.29) is 23.5 Å². The van der Waals surface area contributed by atoms with E-state index in [9.17, 15) is 22.4 Å². The second-order valence-electron chi connectivity index (χ2n) is 10.1. The smallest absolute Gasteiger partial charge is 0.406 e. The number of allylic oxidation sites excluding steroid dienone is 1. The minimum Gasteiger partial charge on any atom is -0.406 e. The third-order valence-corrected chi connectivity index (χ3v) is 8.05. The van der Waals surface area contributed by atoms with Gasteiger partial charge < -0.3 is 4.74 Å². The van der Waals surface area contributed by atoms with Crippen molar-refractivity contribution in [2.75, 3.05) is 10.7 Å². The molecular weight excluding hydrogens is 598 g/mol. The SMILES string of the molecule is CC1C=C2CSC(=NC(=O)NNC(C)c3ccc(-c4ncn(-c5ccc(OC(F)(F)F)cc5)n4)cc3)N2c2cc(F)ccc21. The Bertz CT molecular complexity index is 1750. The summed E-state index contributed by atoms with van der Waals surface area (Å²) < 4.78 is 56.6. The van der Waals surface area contributed by atoms with Gasteiger partial charge in [0.2, 0.25) is 0 Å². The summed E-state index contributed by atoms with van der Waals surface area (Å²) in [4.78, 5) is 23.1. The van der Waals surface area contributed by atoms with Gasteiger partial charge in [-0.25, -0.2) is 24.3 Å². The molecule has 0 bridgehead atoms. The van der Waals surface area contributed by atoms with Gasteiger partial charge >= 0.3 is 12.4 Å². The van der Waals surface area contributed by atoms with Crippen LogP contribution in [0.4, 0.5) is 28.0 Å². The molecule has 6 rings (SSSR count). The van der Waals surface area contributed by atoms with Gasteiger partial charge in [0.1, 0.15) is 17.9 Å². The number of alkyl halides is 3. The molecule has 3 aromatic carbocycles. The van der Waals surface area contributed by atoms with Crippen LogP contribution in [-0.4, -0.2) is 38.1 Å². The molecule has 1 saturated heterocycles. The van der Waals surface area contributed by atoms with Crippen LogP contribution in [0.1, 0.15) is 36.9 Å². The summed E-state index contributed by atoms with van der Waals surface area (Å²) in [6, 6.07) is 16.5. The highest BCUT2D eigenvalue weighted by atomic mass is 32.2. The van der Waals surface area contributed by atoms with E-state index >= 15 is 0 Å². The zero-order chi connectivity index (χ0) is 31.0. The molecule has 0 radical (unpaired) electrons. The minimum atomic E-state index is -4.76. The summed E-state index contributed by atoms with van der Waals surface area (Å²) in [5, 5.41) is 4.89. The zero-order valence-electron chi connectivity index (χ0n) is 23.3. The first-order valence-corrected chi connectivity index (χ1v) is 14.5. The van der Waals surface area contributed by atoms with Crippen molar-refractivity contribution in [1.82, 2.24) is 25.6 Å². The van der Waals surface area contributed by atoms with Crippen LogP contribution in [-0.2, 0) is 0 Å². The molecule has 2 amide bonds. The number of halogens is 4. The summed E-state index contributed by atoms with van der Waals surface area (Å²) in [7, 11) is 0. The standard InChI is InChI=1S/C30H25F4N7O2S/c1-17-13-23-15-44-29(41(23)26-14-21(31)7-12-25(17)26)36-28(42)38-37-18(2)19-3-5-20(6-4-19)27-35-16-40(39-27)22-8-10-24(11-9-22)43-30(32,33)34/h3-14,16-18,37H,15H2,1-2H3,(H,38,42). The van der Waals surface area contributed by atoms with Crippen molar-refractivity contribution in [3.8, 4) is 22.8 Å². The molecule has 2 N–H and O–H groups in total. The maximum absolute atomic E-state index is 14.1. The summed E-state index contributed by atoms with van der Waals surface area (Å²) in [6.45, 7) is 3.93. The second-order valence-corrected chi connectivity index (χ2v) is 11.1. The first-order chi connectivity index (χ1) is 21.0. The monoisotopic (exact) mass is 623 g/mol. The van der Waals surface area contributed by atoms with Crippen molar-refractivity contribution in [2.24, 2.45) is 4.99 Å². The maximum atomic E-state index is 14.1. The van der Waals surface area contributed by atoms with Gasteiger partial charge in [-0.15, -0.1) is 18.3 Å². The normalized spacial score (nSPS) is 17.6.